The molecular formula is C29H61N3O. The van der Waals surface area contributed by atoms with E-state index in [1.54, 1.807) is 4.90 Å². The van der Waals surface area contributed by atoms with Crippen molar-refractivity contribution in [3.63, 3.8) is 0 Å². The molecule has 1 aliphatic heterocycles. The number of carbonyl (C=O) groups excluding carboxylic acids is 1. The van der Waals surface area contributed by atoms with Gasteiger partial charge in [-0.3, -0.25) is 4.79 Å². The van der Waals surface area contributed by atoms with Crippen LogP contribution in [0.1, 0.15) is 108 Å². The Bertz CT molecular complexity index is 529. The van der Waals surface area contributed by atoms with Gasteiger partial charge in [0.25, 0.3) is 0 Å². The zero-order valence-corrected chi connectivity index (χ0v) is 24.8. The van der Waals surface area contributed by atoms with Crippen molar-refractivity contribution in [3.05, 3.63) is 0 Å². The van der Waals surface area contributed by atoms with Gasteiger partial charge in [0, 0.05) is 53.2 Å². The highest BCUT2D eigenvalue weighted by molar-refractivity contribution is 5.75. The van der Waals surface area contributed by atoms with Crippen LogP contribution in [0, 0.1) is 22.2 Å². The van der Waals surface area contributed by atoms with Gasteiger partial charge in [0.1, 0.15) is 0 Å². The highest BCUT2D eigenvalue weighted by Crippen LogP contribution is 2.31. The summed E-state index contributed by atoms with van der Waals surface area (Å²) in [6.45, 7) is 30.7. The summed E-state index contributed by atoms with van der Waals surface area (Å²) in [6, 6.07) is 0. The van der Waals surface area contributed by atoms with Crippen LogP contribution < -0.4 is 0 Å². The average Bonchev–Trinajstić information content (AvgIpc) is 2.73. The molecule has 1 aliphatic rings. The van der Waals surface area contributed by atoms with Crippen LogP contribution in [0.25, 0.3) is 0 Å². The summed E-state index contributed by atoms with van der Waals surface area (Å²) in [6.07, 6.45) is 6.94. The first kappa shape index (κ1) is 32.4. The van der Waals surface area contributed by atoms with Gasteiger partial charge in [-0.15, -0.1) is 0 Å². The predicted octanol–water partition coefficient (Wildman–Crippen LogP) is 6.79. The monoisotopic (exact) mass is 467 g/mol. The number of hydrogen-bond donors (Lipinski definition) is 0. The van der Waals surface area contributed by atoms with E-state index in [0.717, 1.165) is 6.42 Å². The number of hydrogen-bond acceptors (Lipinski definition) is 3. The summed E-state index contributed by atoms with van der Waals surface area (Å²) in [7, 11) is 3.62. The molecular weight excluding hydrogens is 406 g/mol. The van der Waals surface area contributed by atoms with Crippen molar-refractivity contribution in [3.8, 4) is 0 Å². The fourth-order valence-corrected chi connectivity index (χ4v) is 3.79. The number of carbonyl (C=O) groups is 1. The third kappa shape index (κ3) is 14.4. The first-order valence-corrected chi connectivity index (χ1v) is 13.7. The summed E-state index contributed by atoms with van der Waals surface area (Å²) >= 11 is 0. The van der Waals surface area contributed by atoms with Gasteiger partial charge in [0.15, 0.2) is 0 Å². The standard InChI is InChI=1S/C18H38N2.C11H23NO/c1-7-17(3,4)10-9-11-19-12-14-20(15-13-19)16-18(5,6)8-2;1-9(2)11(3,4)8-7-10(13)12(5)6/h7-16H2,1-6H3;9H,7-8H2,1-6H3. The lowest BCUT2D eigenvalue weighted by atomic mass is 9.77. The fourth-order valence-electron chi connectivity index (χ4n) is 3.79. The minimum absolute atomic E-state index is 0.230. The smallest absolute Gasteiger partial charge is 0.222 e. The highest BCUT2D eigenvalue weighted by atomic mass is 16.2. The van der Waals surface area contributed by atoms with Crippen LogP contribution in [0.2, 0.25) is 0 Å². The summed E-state index contributed by atoms with van der Waals surface area (Å²) < 4.78 is 0. The summed E-state index contributed by atoms with van der Waals surface area (Å²) in [5.41, 5.74) is 1.28. The largest absolute Gasteiger partial charge is 0.349 e. The molecule has 0 saturated carbocycles. The molecule has 0 atom stereocenters. The van der Waals surface area contributed by atoms with Crippen molar-refractivity contribution >= 4 is 5.91 Å². The van der Waals surface area contributed by atoms with E-state index < -0.39 is 0 Å². The van der Waals surface area contributed by atoms with Crippen LogP contribution in [0.3, 0.4) is 0 Å². The molecule has 1 heterocycles. The van der Waals surface area contributed by atoms with Crippen molar-refractivity contribution in [1.29, 1.82) is 0 Å². The molecule has 0 aromatic heterocycles. The molecule has 0 spiro atoms. The molecule has 198 valence electrons. The molecule has 4 nitrogen and oxygen atoms in total. The van der Waals surface area contributed by atoms with Crippen molar-refractivity contribution in [2.45, 2.75) is 108 Å². The Labute approximate surface area is 208 Å². The van der Waals surface area contributed by atoms with E-state index >= 15 is 0 Å². The summed E-state index contributed by atoms with van der Waals surface area (Å²) in [5, 5.41) is 0. The highest BCUT2D eigenvalue weighted by Gasteiger charge is 2.24. The molecule has 1 fully saturated rings. The van der Waals surface area contributed by atoms with Crippen LogP contribution in [-0.4, -0.2) is 74.0 Å². The fraction of sp³-hybridized carbons (Fsp3) is 0.966. The molecule has 0 aromatic carbocycles. The Morgan fingerprint density at radius 3 is 1.73 bits per heavy atom. The average molecular weight is 468 g/mol. The number of piperazine rings is 1. The van der Waals surface area contributed by atoms with E-state index in [1.165, 1.54) is 65.0 Å². The van der Waals surface area contributed by atoms with Gasteiger partial charge in [-0.25, -0.2) is 0 Å². The zero-order valence-electron chi connectivity index (χ0n) is 24.8. The van der Waals surface area contributed by atoms with Crippen molar-refractivity contribution in [2.75, 3.05) is 53.4 Å². The van der Waals surface area contributed by atoms with Gasteiger partial charge in [-0.1, -0.05) is 75.7 Å². The van der Waals surface area contributed by atoms with Crippen LogP contribution in [-0.2, 0) is 4.79 Å². The number of rotatable bonds is 12. The number of nitrogens with zero attached hydrogens (tertiary/aromatic N) is 3. The minimum Gasteiger partial charge on any atom is -0.349 e. The maximum atomic E-state index is 11.3. The molecule has 0 aliphatic carbocycles. The molecule has 0 bridgehead atoms. The van der Waals surface area contributed by atoms with Crippen LogP contribution in [0.15, 0.2) is 0 Å². The van der Waals surface area contributed by atoms with Crippen molar-refractivity contribution in [2.24, 2.45) is 22.2 Å². The predicted molar refractivity (Wildman–Crippen MR) is 147 cm³/mol. The molecule has 1 rings (SSSR count). The normalized spacial score (nSPS) is 16.5. The second-order valence-corrected chi connectivity index (χ2v) is 13.2. The van der Waals surface area contributed by atoms with Gasteiger partial charge >= 0.3 is 0 Å². The van der Waals surface area contributed by atoms with Crippen LogP contribution in [0.4, 0.5) is 0 Å². The second-order valence-electron chi connectivity index (χ2n) is 13.2. The van der Waals surface area contributed by atoms with Gasteiger partial charge in [0.2, 0.25) is 5.91 Å². The lowest BCUT2D eigenvalue weighted by molar-refractivity contribution is -0.129. The van der Waals surface area contributed by atoms with Crippen molar-refractivity contribution < 1.29 is 4.79 Å². The van der Waals surface area contributed by atoms with Gasteiger partial charge in [0.05, 0.1) is 0 Å². The lowest BCUT2D eigenvalue weighted by Gasteiger charge is -2.39. The Kier molecular flexibility index (Phi) is 14.4. The van der Waals surface area contributed by atoms with E-state index in [0.29, 0.717) is 23.2 Å². The van der Waals surface area contributed by atoms with E-state index in [1.807, 2.05) is 14.1 Å². The minimum atomic E-state index is 0.230. The summed E-state index contributed by atoms with van der Waals surface area (Å²) in [4.78, 5) is 18.3. The van der Waals surface area contributed by atoms with Crippen LogP contribution in [0.5, 0.6) is 0 Å². The molecule has 0 aromatic rings. The Balaban J connectivity index is 0.000000684. The van der Waals surface area contributed by atoms with E-state index in [4.69, 9.17) is 0 Å². The third-order valence-corrected chi connectivity index (χ3v) is 8.40. The molecule has 4 heteroatoms. The Morgan fingerprint density at radius 2 is 1.30 bits per heavy atom. The maximum absolute atomic E-state index is 11.3. The van der Waals surface area contributed by atoms with Crippen LogP contribution >= 0.6 is 0 Å². The maximum Gasteiger partial charge on any atom is 0.222 e. The quantitative estimate of drug-likeness (QED) is 0.316. The molecule has 0 unspecified atom stereocenters. The van der Waals surface area contributed by atoms with Crippen molar-refractivity contribution in [1.82, 2.24) is 14.7 Å². The zero-order chi connectivity index (χ0) is 25.9. The SMILES string of the molecule is CC(C)C(C)(C)CCC(=O)N(C)C.CCC(C)(C)CCCN1CCN(CC(C)(C)CC)CC1. The Morgan fingerprint density at radius 1 is 0.818 bits per heavy atom. The molecule has 1 amide bonds. The van der Waals surface area contributed by atoms with E-state index in [9.17, 15) is 4.79 Å². The topological polar surface area (TPSA) is 26.8 Å². The second kappa shape index (κ2) is 14.7. The third-order valence-electron chi connectivity index (χ3n) is 8.40. The van der Waals surface area contributed by atoms with Gasteiger partial charge < -0.3 is 14.7 Å². The molecule has 0 N–H and O–H groups in total. The number of amides is 1. The Hall–Kier alpha value is -0.610. The summed E-state index contributed by atoms with van der Waals surface area (Å²) in [5.74, 6) is 0.858. The van der Waals surface area contributed by atoms with Gasteiger partial charge in [-0.05, 0) is 54.4 Å². The molecule has 33 heavy (non-hydrogen) atoms. The first-order valence-electron chi connectivity index (χ1n) is 13.7. The van der Waals surface area contributed by atoms with Gasteiger partial charge in [-0.2, -0.15) is 0 Å². The van der Waals surface area contributed by atoms with E-state index in [2.05, 4.69) is 79.0 Å². The molecule has 1 saturated heterocycles. The van der Waals surface area contributed by atoms with E-state index in [-0.39, 0.29) is 11.3 Å². The first-order chi connectivity index (χ1) is 15.0. The molecule has 0 radical (unpaired) electrons. The lowest BCUT2D eigenvalue weighted by Crippen LogP contribution is -2.49.